The number of hydrogen-bond acceptors (Lipinski definition) is 4. The Morgan fingerprint density at radius 3 is 1.80 bits per heavy atom. The highest BCUT2D eigenvalue weighted by molar-refractivity contribution is 6.15. The molecule has 0 spiro atoms. The summed E-state index contributed by atoms with van der Waals surface area (Å²) in [6, 6.07) is 0. The largest absolute Gasteiger partial charge is 0.269 e. The van der Waals surface area contributed by atoms with E-state index in [1.165, 1.54) is 30.4 Å². The van der Waals surface area contributed by atoms with Gasteiger partial charge in [-0.25, -0.2) is 9.80 Å². The van der Waals surface area contributed by atoms with E-state index in [0.717, 1.165) is 9.80 Å². The molecule has 20 heavy (non-hydrogen) atoms. The van der Waals surface area contributed by atoms with Crippen molar-refractivity contribution >= 4 is 23.6 Å². The first kappa shape index (κ1) is 12.3. The summed E-state index contributed by atoms with van der Waals surface area (Å²) in [5.41, 5.74) is 0.897. The predicted octanol–water partition coefficient (Wildman–Crippen LogP) is 0.398. The number of rotatable bonds is 2. The van der Waals surface area contributed by atoms with Crippen molar-refractivity contribution in [3.63, 3.8) is 0 Å². The zero-order valence-electron chi connectivity index (χ0n) is 10.4. The fraction of sp³-hybridized carbons (Fsp3) is 0.143. The first-order valence-corrected chi connectivity index (χ1v) is 6.11. The lowest BCUT2D eigenvalue weighted by molar-refractivity contribution is -0.135. The highest BCUT2D eigenvalue weighted by Gasteiger charge is 2.31. The minimum atomic E-state index is -0.420. The molecule has 4 amide bonds. The molecule has 0 saturated carbocycles. The molecule has 0 fully saturated rings. The minimum Gasteiger partial charge on any atom is -0.269 e. The van der Waals surface area contributed by atoms with E-state index in [0.29, 0.717) is 24.2 Å². The van der Waals surface area contributed by atoms with Gasteiger partial charge in [0.1, 0.15) is 0 Å². The summed E-state index contributed by atoms with van der Waals surface area (Å²) in [6.07, 6.45) is 9.13. The lowest BCUT2D eigenvalue weighted by Crippen LogP contribution is -2.33. The summed E-state index contributed by atoms with van der Waals surface area (Å²) >= 11 is 0. The number of carbonyl (C=O) groups excluding carboxylic acids is 4. The second-order valence-corrected chi connectivity index (χ2v) is 4.49. The van der Waals surface area contributed by atoms with Gasteiger partial charge in [-0.15, -0.1) is 0 Å². The third kappa shape index (κ3) is 1.82. The molecule has 0 radical (unpaired) electrons. The lowest BCUT2D eigenvalue weighted by Gasteiger charge is -2.24. The molecule has 0 N–H and O–H groups in total. The quantitative estimate of drug-likeness (QED) is 0.681. The van der Waals surface area contributed by atoms with Crippen molar-refractivity contribution in [2.24, 2.45) is 0 Å². The van der Waals surface area contributed by atoms with E-state index in [1.807, 2.05) is 0 Å². The first-order valence-electron chi connectivity index (χ1n) is 6.11. The van der Waals surface area contributed by atoms with Crippen LogP contribution in [0.5, 0.6) is 0 Å². The Bertz CT molecular complexity index is 631. The van der Waals surface area contributed by atoms with Crippen molar-refractivity contribution in [1.29, 1.82) is 0 Å². The molecular formula is C14H10N2O4. The van der Waals surface area contributed by atoms with E-state index in [-0.39, 0.29) is 0 Å². The van der Waals surface area contributed by atoms with E-state index in [4.69, 9.17) is 0 Å². The molecule has 0 saturated heterocycles. The zero-order valence-corrected chi connectivity index (χ0v) is 10.4. The summed E-state index contributed by atoms with van der Waals surface area (Å²) in [4.78, 5) is 48.6. The summed E-state index contributed by atoms with van der Waals surface area (Å²) in [5.74, 6) is -1.65. The standard InChI is InChI=1S/C14H10N2O4/c17-11-4-5-12(18)15(11)9-2-1-3-10(8-9)16-13(19)6-7-14(16)20/h2,4-8H,1,3H2. The Labute approximate surface area is 114 Å². The van der Waals surface area contributed by atoms with Crippen molar-refractivity contribution < 1.29 is 19.2 Å². The average molecular weight is 270 g/mol. The lowest BCUT2D eigenvalue weighted by atomic mass is 10.1. The van der Waals surface area contributed by atoms with Gasteiger partial charge in [-0.05, 0) is 18.9 Å². The second-order valence-electron chi connectivity index (χ2n) is 4.49. The highest BCUT2D eigenvalue weighted by Crippen LogP contribution is 2.26. The molecule has 1 aliphatic carbocycles. The van der Waals surface area contributed by atoms with Crippen LogP contribution in [0.3, 0.4) is 0 Å². The molecule has 0 atom stereocenters. The summed E-state index contributed by atoms with van der Waals surface area (Å²) < 4.78 is 0. The molecule has 3 aliphatic rings. The van der Waals surface area contributed by atoms with Crippen LogP contribution >= 0.6 is 0 Å². The van der Waals surface area contributed by atoms with Crippen LogP contribution in [0.25, 0.3) is 0 Å². The van der Waals surface area contributed by atoms with Crippen molar-refractivity contribution in [2.75, 3.05) is 0 Å². The Morgan fingerprint density at radius 1 is 0.750 bits per heavy atom. The first-order chi connectivity index (χ1) is 9.58. The van der Waals surface area contributed by atoms with E-state index >= 15 is 0 Å². The topological polar surface area (TPSA) is 74.8 Å². The van der Waals surface area contributed by atoms with Crippen LogP contribution < -0.4 is 0 Å². The van der Waals surface area contributed by atoms with Crippen molar-refractivity contribution in [1.82, 2.24) is 9.80 Å². The molecule has 2 aliphatic heterocycles. The Kier molecular flexibility index (Phi) is 2.71. The van der Waals surface area contributed by atoms with E-state index in [1.54, 1.807) is 6.08 Å². The summed E-state index contributed by atoms with van der Waals surface area (Å²) in [6.45, 7) is 0. The van der Waals surface area contributed by atoms with Crippen LogP contribution in [0.1, 0.15) is 12.8 Å². The van der Waals surface area contributed by atoms with Crippen LogP contribution in [-0.2, 0) is 19.2 Å². The normalized spacial score (nSPS) is 22.0. The summed E-state index contributed by atoms with van der Waals surface area (Å²) in [7, 11) is 0. The van der Waals surface area contributed by atoms with Crippen LogP contribution in [0.15, 0.2) is 47.9 Å². The SMILES string of the molecule is O=C1C=CC(=O)N1C1=CCCC(N2C(=O)C=CC2=O)=C1. The molecule has 6 heteroatoms. The molecule has 3 rings (SSSR count). The van der Waals surface area contributed by atoms with E-state index < -0.39 is 23.6 Å². The van der Waals surface area contributed by atoms with Crippen molar-refractivity contribution in [3.05, 3.63) is 47.9 Å². The Hall–Kier alpha value is -2.76. The molecule has 6 nitrogen and oxygen atoms in total. The molecule has 0 bridgehead atoms. The van der Waals surface area contributed by atoms with Gasteiger partial charge in [-0.1, -0.05) is 6.08 Å². The molecule has 0 aromatic heterocycles. The van der Waals surface area contributed by atoms with E-state index in [2.05, 4.69) is 0 Å². The maximum atomic E-state index is 11.6. The number of amides is 4. The maximum Gasteiger partial charge on any atom is 0.258 e. The molecule has 2 heterocycles. The number of nitrogens with zero attached hydrogens (tertiary/aromatic N) is 2. The molecular weight excluding hydrogens is 260 g/mol. The van der Waals surface area contributed by atoms with Gasteiger partial charge in [-0.3, -0.25) is 19.2 Å². The third-order valence-electron chi connectivity index (χ3n) is 3.23. The van der Waals surface area contributed by atoms with Crippen LogP contribution in [0, 0.1) is 0 Å². The minimum absolute atomic E-state index is 0.402. The van der Waals surface area contributed by atoms with Gasteiger partial charge in [0.25, 0.3) is 23.6 Å². The zero-order chi connectivity index (χ0) is 14.3. The van der Waals surface area contributed by atoms with Crippen LogP contribution in [0.4, 0.5) is 0 Å². The number of hydrogen-bond donors (Lipinski definition) is 0. The monoisotopic (exact) mass is 270 g/mol. The van der Waals surface area contributed by atoms with Crippen LogP contribution in [0.2, 0.25) is 0 Å². The van der Waals surface area contributed by atoms with Gasteiger partial charge in [0.15, 0.2) is 0 Å². The highest BCUT2D eigenvalue weighted by atomic mass is 16.2. The predicted molar refractivity (Wildman–Crippen MR) is 67.4 cm³/mol. The summed E-state index contributed by atoms with van der Waals surface area (Å²) in [5, 5.41) is 0. The molecule has 100 valence electrons. The third-order valence-corrected chi connectivity index (χ3v) is 3.23. The number of imide groups is 2. The molecule has 0 aromatic rings. The number of allylic oxidation sites excluding steroid dienone is 3. The fourth-order valence-corrected chi connectivity index (χ4v) is 2.34. The van der Waals surface area contributed by atoms with Gasteiger partial charge < -0.3 is 0 Å². The van der Waals surface area contributed by atoms with Crippen molar-refractivity contribution in [2.45, 2.75) is 12.8 Å². The number of carbonyl (C=O) groups is 4. The second kappa shape index (κ2) is 4.41. The van der Waals surface area contributed by atoms with Crippen LogP contribution in [-0.4, -0.2) is 33.4 Å². The Balaban J connectivity index is 1.90. The van der Waals surface area contributed by atoms with Gasteiger partial charge >= 0.3 is 0 Å². The Morgan fingerprint density at radius 2 is 1.25 bits per heavy atom. The van der Waals surface area contributed by atoms with Gasteiger partial charge in [0.2, 0.25) is 0 Å². The average Bonchev–Trinajstić information content (AvgIpc) is 2.93. The maximum absolute atomic E-state index is 11.6. The van der Waals surface area contributed by atoms with Crippen molar-refractivity contribution in [3.8, 4) is 0 Å². The fourth-order valence-electron chi connectivity index (χ4n) is 2.34. The smallest absolute Gasteiger partial charge is 0.258 e. The molecule has 0 aromatic carbocycles. The molecule has 0 unspecified atom stereocenters. The van der Waals surface area contributed by atoms with Gasteiger partial charge in [0.05, 0.1) is 5.70 Å². The van der Waals surface area contributed by atoms with E-state index in [9.17, 15) is 19.2 Å². The van der Waals surface area contributed by atoms with Gasteiger partial charge in [0, 0.05) is 30.0 Å². The van der Waals surface area contributed by atoms with Gasteiger partial charge in [-0.2, -0.15) is 0 Å².